The largest absolute Gasteiger partial charge is 0.396 e. The third-order valence-corrected chi connectivity index (χ3v) is 3.67. The predicted molar refractivity (Wildman–Crippen MR) is 70.1 cm³/mol. The summed E-state index contributed by atoms with van der Waals surface area (Å²) in [5.41, 5.74) is 0.0726. The van der Waals surface area contributed by atoms with Crippen LogP contribution in [0.15, 0.2) is 12.1 Å². The molecule has 0 aliphatic carbocycles. The average molecular weight is 289 g/mol. The molecule has 1 aliphatic heterocycles. The van der Waals surface area contributed by atoms with Gasteiger partial charge in [0, 0.05) is 31.8 Å². The van der Waals surface area contributed by atoms with E-state index in [1.165, 1.54) is 0 Å². The number of anilines is 1. The van der Waals surface area contributed by atoms with Crippen molar-refractivity contribution in [1.29, 1.82) is 0 Å². The van der Waals surface area contributed by atoms with Gasteiger partial charge in [-0.15, -0.1) is 0 Å². The summed E-state index contributed by atoms with van der Waals surface area (Å²) < 4.78 is 13.5. The maximum Gasteiger partial charge on any atom is 0.294 e. The van der Waals surface area contributed by atoms with Crippen LogP contribution < -0.4 is 4.90 Å². The highest BCUT2D eigenvalue weighted by Crippen LogP contribution is 2.36. The number of aliphatic hydroxyl groups excluding tert-OH is 1. The van der Waals surface area contributed by atoms with Crippen molar-refractivity contribution >= 4 is 23.0 Å². The zero-order chi connectivity index (χ0) is 14.0. The Hall–Kier alpha value is -1.40. The Morgan fingerprint density at radius 1 is 1.58 bits per heavy atom. The first kappa shape index (κ1) is 14.0. The Kier molecular flexibility index (Phi) is 4.21. The maximum absolute atomic E-state index is 13.5. The first-order valence-electron chi connectivity index (χ1n) is 6.02. The summed E-state index contributed by atoms with van der Waals surface area (Å²) >= 11 is 5.58. The Balaban J connectivity index is 2.29. The Bertz CT molecular complexity index is 498. The van der Waals surface area contributed by atoms with Gasteiger partial charge in [-0.2, -0.15) is 0 Å². The smallest absolute Gasteiger partial charge is 0.294 e. The molecule has 1 aromatic carbocycles. The summed E-state index contributed by atoms with van der Waals surface area (Å²) in [7, 11) is 0. The molecule has 1 N–H and O–H groups in total. The highest BCUT2D eigenvalue weighted by atomic mass is 35.5. The van der Waals surface area contributed by atoms with Crippen LogP contribution >= 0.6 is 11.6 Å². The van der Waals surface area contributed by atoms with Crippen molar-refractivity contribution in [1.82, 2.24) is 0 Å². The second-order valence-corrected chi connectivity index (χ2v) is 5.03. The molecule has 7 heteroatoms. The fraction of sp³-hybridized carbons (Fsp3) is 0.500. The molecule has 0 aromatic heterocycles. The lowest BCUT2D eigenvalue weighted by Gasteiger charge is -2.18. The molecule has 1 aliphatic rings. The number of nitrogens with zero attached hydrogens (tertiary/aromatic N) is 2. The molecule has 1 atom stereocenters. The lowest BCUT2D eigenvalue weighted by molar-refractivity contribution is -0.384. The van der Waals surface area contributed by atoms with Gasteiger partial charge in [0.25, 0.3) is 5.69 Å². The van der Waals surface area contributed by atoms with E-state index in [0.29, 0.717) is 19.5 Å². The van der Waals surface area contributed by atoms with E-state index >= 15 is 0 Å². The van der Waals surface area contributed by atoms with Gasteiger partial charge in [-0.25, -0.2) is 4.39 Å². The number of hydrogen-bond donors (Lipinski definition) is 1. The summed E-state index contributed by atoms with van der Waals surface area (Å²) in [4.78, 5) is 12.2. The standard InChI is InChI=1S/C12H14ClFN2O3/c13-9-5-12(16(18)19)11(6-10(9)14)15-3-1-8(7-15)2-4-17/h5-6,8,17H,1-4,7H2. The van der Waals surface area contributed by atoms with Crippen LogP contribution in [0.3, 0.4) is 0 Å². The SMILES string of the molecule is O=[N+]([O-])c1cc(Cl)c(F)cc1N1CCC(CCO)C1. The molecule has 0 spiro atoms. The fourth-order valence-corrected chi connectivity index (χ4v) is 2.55. The molecule has 1 saturated heterocycles. The number of benzene rings is 1. The van der Waals surface area contributed by atoms with E-state index in [1.807, 2.05) is 0 Å². The minimum absolute atomic E-state index is 0.0928. The van der Waals surface area contributed by atoms with Gasteiger partial charge in [0.15, 0.2) is 0 Å². The Morgan fingerprint density at radius 3 is 2.95 bits per heavy atom. The average Bonchev–Trinajstić information content (AvgIpc) is 2.81. The van der Waals surface area contributed by atoms with Crippen LogP contribution in [-0.4, -0.2) is 29.7 Å². The Labute approximate surface area is 114 Å². The van der Waals surface area contributed by atoms with Gasteiger partial charge in [-0.3, -0.25) is 10.1 Å². The summed E-state index contributed by atoms with van der Waals surface area (Å²) in [5.74, 6) is -0.379. The summed E-state index contributed by atoms with van der Waals surface area (Å²) in [6.45, 7) is 1.30. The predicted octanol–water partition coefficient (Wildman–Crippen LogP) is 2.60. The quantitative estimate of drug-likeness (QED) is 0.683. The van der Waals surface area contributed by atoms with E-state index in [1.54, 1.807) is 4.90 Å². The van der Waals surface area contributed by atoms with Gasteiger partial charge in [-0.05, 0) is 18.8 Å². The van der Waals surface area contributed by atoms with Crippen LogP contribution in [0.5, 0.6) is 0 Å². The van der Waals surface area contributed by atoms with Crippen molar-refractivity contribution in [2.24, 2.45) is 5.92 Å². The number of nitro groups is 1. The number of halogens is 2. The van der Waals surface area contributed by atoms with E-state index < -0.39 is 10.7 Å². The van der Waals surface area contributed by atoms with Gasteiger partial charge in [0.1, 0.15) is 11.5 Å². The Morgan fingerprint density at radius 2 is 2.32 bits per heavy atom. The molecular formula is C12H14ClFN2O3. The number of hydrogen-bond acceptors (Lipinski definition) is 4. The zero-order valence-electron chi connectivity index (χ0n) is 10.2. The van der Waals surface area contributed by atoms with Crippen LogP contribution in [-0.2, 0) is 0 Å². The van der Waals surface area contributed by atoms with Crippen molar-refractivity contribution in [3.05, 3.63) is 33.1 Å². The maximum atomic E-state index is 13.5. The summed E-state index contributed by atoms with van der Waals surface area (Å²) in [6, 6.07) is 2.16. The second-order valence-electron chi connectivity index (χ2n) is 4.63. The summed E-state index contributed by atoms with van der Waals surface area (Å²) in [5, 5.41) is 19.7. The molecule has 19 heavy (non-hydrogen) atoms. The van der Waals surface area contributed by atoms with Crippen LogP contribution in [0.25, 0.3) is 0 Å². The monoisotopic (exact) mass is 288 g/mol. The molecule has 104 valence electrons. The van der Waals surface area contributed by atoms with Crippen molar-refractivity contribution in [3.8, 4) is 0 Å². The van der Waals surface area contributed by atoms with Gasteiger partial charge >= 0.3 is 0 Å². The van der Waals surface area contributed by atoms with Crippen LogP contribution in [0, 0.1) is 21.8 Å². The lowest BCUT2D eigenvalue weighted by atomic mass is 10.1. The first-order valence-corrected chi connectivity index (χ1v) is 6.40. The van der Waals surface area contributed by atoms with Gasteiger partial charge in [-0.1, -0.05) is 11.6 Å². The molecule has 0 bridgehead atoms. The van der Waals surface area contributed by atoms with Crippen LogP contribution in [0.2, 0.25) is 5.02 Å². The third kappa shape index (κ3) is 2.96. The molecule has 1 unspecified atom stereocenters. The molecular weight excluding hydrogens is 275 g/mol. The van der Waals surface area contributed by atoms with E-state index in [0.717, 1.165) is 18.6 Å². The highest BCUT2D eigenvalue weighted by Gasteiger charge is 2.28. The minimum Gasteiger partial charge on any atom is -0.396 e. The molecule has 1 fully saturated rings. The van der Waals surface area contributed by atoms with Crippen molar-refractivity contribution in [2.45, 2.75) is 12.8 Å². The first-order chi connectivity index (χ1) is 9.02. The molecule has 2 rings (SSSR count). The van der Waals surface area contributed by atoms with Gasteiger partial charge < -0.3 is 10.0 Å². The molecule has 0 amide bonds. The topological polar surface area (TPSA) is 66.6 Å². The van der Waals surface area contributed by atoms with E-state index in [4.69, 9.17) is 16.7 Å². The molecule has 0 saturated carbocycles. The van der Waals surface area contributed by atoms with Crippen LogP contribution in [0.4, 0.5) is 15.8 Å². The van der Waals surface area contributed by atoms with Crippen molar-refractivity contribution < 1.29 is 14.4 Å². The van der Waals surface area contributed by atoms with Crippen LogP contribution in [0.1, 0.15) is 12.8 Å². The summed E-state index contributed by atoms with van der Waals surface area (Å²) in [6.07, 6.45) is 1.49. The molecule has 1 aromatic rings. The van der Waals surface area contributed by atoms with E-state index in [-0.39, 0.29) is 28.9 Å². The molecule has 5 nitrogen and oxygen atoms in total. The third-order valence-electron chi connectivity index (χ3n) is 3.38. The van der Waals surface area contributed by atoms with E-state index in [9.17, 15) is 14.5 Å². The van der Waals surface area contributed by atoms with Crippen molar-refractivity contribution in [3.63, 3.8) is 0 Å². The normalized spacial score (nSPS) is 18.9. The number of rotatable bonds is 4. The van der Waals surface area contributed by atoms with Crippen molar-refractivity contribution in [2.75, 3.05) is 24.6 Å². The minimum atomic E-state index is -0.659. The highest BCUT2D eigenvalue weighted by molar-refractivity contribution is 6.31. The fourth-order valence-electron chi connectivity index (χ4n) is 2.40. The van der Waals surface area contributed by atoms with Gasteiger partial charge in [0.2, 0.25) is 0 Å². The second kappa shape index (κ2) is 5.71. The van der Waals surface area contributed by atoms with Gasteiger partial charge in [0.05, 0.1) is 9.95 Å². The lowest BCUT2D eigenvalue weighted by Crippen LogP contribution is -2.21. The van der Waals surface area contributed by atoms with E-state index in [2.05, 4.69) is 0 Å². The molecule has 0 radical (unpaired) electrons. The number of aliphatic hydroxyl groups is 1. The zero-order valence-corrected chi connectivity index (χ0v) is 10.9. The number of nitro benzene ring substituents is 1. The molecule has 1 heterocycles.